The van der Waals surface area contributed by atoms with Crippen LogP contribution in [0.5, 0.6) is 0 Å². The van der Waals surface area contributed by atoms with Gasteiger partial charge in [0.15, 0.2) is 0 Å². The van der Waals surface area contributed by atoms with Gasteiger partial charge >= 0.3 is 0 Å². The van der Waals surface area contributed by atoms with Gasteiger partial charge in [0, 0.05) is 37.6 Å². The molecule has 1 aromatic rings. The van der Waals surface area contributed by atoms with Crippen molar-refractivity contribution in [1.82, 2.24) is 19.9 Å². The number of H-pyrrole nitrogens is 1. The second kappa shape index (κ2) is 8.53. The Bertz CT molecular complexity index is 507. The van der Waals surface area contributed by atoms with E-state index in [2.05, 4.69) is 47.6 Å². The number of nitrogens with one attached hydrogen (secondary N) is 3. The number of rotatable bonds is 10. The van der Waals surface area contributed by atoms with Gasteiger partial charge < -0.3 is 15.2 Å². The van der Waals surface area contributed by atoms with Crippen molar-refractivity contribution in [2.24, 2.45) is 0 Å². The maximum absolute atomic E-state index is 12.2. The van der Waals surface area contributed by atoms with Gasteiger partial charge in [0.1, 0.15) is 0 Å². The van der Waals surface area contributed by atoms with Crippen LogP contribution in [0.3, 0.4) is 0 Å². The summed E-state index contributed by atoms with van der Waals surface area (Å²) in [5.74, 6) is 0. The number of sulfonamides is 1. The normalized spacial score (nSPS) is 12.5. The quantitative estimate of drug-likeness (QED) is 0.605. The van der Waals surface area contributed by atoms with Crippen molar-refractivity contribution >= 4 is 10.0 Å². The van der Waals surface area contributed by atoms with Gasteiger partial charge in [-0.15, -0.1) is 0 Å². The molecule has 0 atom stereocenters. The van der Waals surface area contributed by atoms with Gasteiger partial charge in [0.2, 0.25) is 10.0 Å². The first-order valence-corrected chi connectivity index (χ1v) is 9.00. The van der Waals surface area contributed by atoms with Crippen LogP contribution in [0.1, 0.15) is 33.4 Å². The standard InChI is InChI=1S/C14H28N4O2S/c1-5-18(6-2)8-7-17-21(19,20)14-9-13(16-11-14)10-15-12(3)4/h9,11-12,15-17H,5-8,10H2,1-4H3. The number of likely N-dealkylation sites (N-methyl/N-ethyl adjacent to an activating group) is 1. The van der Waals surface area contributed by atoms with Crippen molar-refractivity contribution in [3.63, 3.8) is 0 Å². The number of aromatic nitrogens is 1. The average Bonchev–Trinajstić information content (AvgIpc) is 2.91. The average molecular weight is 316 g/mol. The summed E-state index contributed by atoms with van der Waals surface area (Å²) in [5, 5.41) is 3.25. The second-order valence-electron chi connectivity index (χ2n) is 5.32. The summed E-state index contributed by atoms with van der Waals surface area (Å²) in [6.45, 7) is 11.9. The van der Waals surface area contributed by atoms with Crippen LogP contribution in [0.2, 0.25) is 0 Å². The topological polar surface area (TPSA) is 77.2 Å². The molecule has 1 aromatic heterocycles. The third-order valence-corrected chi connectivity index (χ3v) is 4.78. The summed E-state index contributed by atoms with van der Waals surface area (Å²) in [7, 11) is -3.43. The van der Waals surface area contributed by atoms with Gasteiger partial charge in [-0.05, 0) is 19.2 Å². The van der Waals surface area contributed by atoms with Crippen molar-refractivity contribution < 1.29 is 8.42 Å². The Morgan fingerprint density at radius 3 is 2.52 bits per heavy atom. The summed E-state index contributed by atoms with van der Waals surface area (Å²) in [6.07, 6.45) is 1.54. The van der Waals surface area contributed by atoms with Gasteiger partial charge in [-0.1, -0.05) is 27.7 Å². The smallest absolute Gasteiger partial charge is 0.242 e. The summed E-state index contributed by atoms with van der Waals surface area (Å²) in [4.78, 5) is 5.47. The molecule has 21 heavy (non-hydrogen) atoms. The van der Waals surface area contributed by atoms with Gasteiger partial charge in [0.05, 0.1) is 4.90 Å². The molecule has 0 amide bonds. The minimum Gasteiger partial charge on any atom is -0.363 e. The Hall–Kier alpha value is -0.890. The highest BCUT2D eigenvalue weighted by molar-refractivity contribution is 7.89. The first kappa shape index (κ1) is 18.2. The minimum atomic E-state index is -3.43. The van der Waals surface area contributed by atoms with E-state index in [0.29, 0.717) is 24.0 Å². The van der Waals surface area contributed by atoms with E-state index in [-0.39, 0.29) is 0 Å². The molecule has 0 fully saturated rings. The molecule has 0 unspecified atom stereocenters. The van der Waals surface area contributed by atoms with Crippen LogP contribution in [0, 0.1) is 0 Å². The molecule has 0 saturated heterocycles. The Labute approximate surface area is 128 Å². The lowest BCUT2D eigenvalue weighted by molar-refractivity contribution is 0.309. The molecule has 0 spiro atoms. The van der Waals surface area contributed by atoms with Crippen LogP contribution in [-0.4, -0.2) is 50.5 Å². The SMILES string of the molecule is CCN(CC)CCNS(=O)(=O)c1c[nH]c(CNC(C)C)c1. The van der Waals surface area contributed by atoms with Crippen LogP contribution in [0.25, 0.3) is 0 Å². The minimum absolute atomic E-state index is 0.294. The van der Waals surface area contributed by atoms with Crippen LogP contribution >= 0.6 is 0 Å². The number of nitrogens with zero attached hydrogens (tertiary/aromatic N) is 1. The summed E-state index contributed by atoms with van der Waals surface area (Å²) in [5.41, 5.74) is 0.868. The molecule has 0 aliphatic carbocycles. The summed E-state index contributed by atoms with van der Waals surface area (Å²) in [6, 6.07) is 2.04. The molecule has 0 bridgehead atoms. The first-order chi connectivity index (χ1) is 9.89. The van der Waals surface area contributed by atoms with Crippen molar-refractivity contribution in [3.8, 4) is 0 Å². The van der Waals surface area contributed by atoms with Crippen molar-refractivity contribution in [2.45, 2.75) is 45.2 Å². The Kier molecular flexibility index (Phi) is 7.37. The number of hydrogen-bond donors (Lipinski definition) is 3. The Morgan fingerprint density at radius 2 is 1.95 bits per heavy atom. The van der Waals surface area contributed by atoms with E-state index in [4.69, 9.17) is 0 Å². The second-order valence-corrected chi connectivity index (χ2v) is 7.09. The largest absolute Gasteiger partial charge is 0.363 e. The van der Waals surface area contributed by atoms with Gasteiger partial charge in [0.25, 0.3) is 0 Å². The van der Waals surface area contributed by atoms with E-state index in [0.717, 1.165) is 25.3 Å². The van der Waals surface area contributed by atoms with E-state index in [9.17, 15) is 8.42 Å². The molecule has 3 N–H and O–H groups in total. The monoisotopic (exact) mass is 316 g/mol. The predicted octanol–water partition coefficient (Wildman–Crippen LogP) is 1.13. The zero-order chi connectivity index (χ0) is 15.9. The highest BCUT2D eigenvalue weighted by Crippen LogP contribution is 2.10. The molecule has 122 valence electrons. The lowest BCUT2D eigenvalue weighted by Gasteiger charge is -2.17. The molecule has 0 aliphatic rings. The van der Waals surface area contributed by atoms with Crippen LogP contribution in [-0.2, 0) is 16.6 Å². The number of aromatic amines is 1. The van der Waals surface area contributed by atoms with Gasteiger partial charge in [-0.3, -0.25) is 0 Å². The maximum atomic E-state index is 12.2. The highest BCUT2D eigenvalue weighted by Gasteiger charge is 2.15. The van der Waals surface area contributed by atoms with E-state index < -0.39 is 10.0 Å². The van der Waals surface area contributed by atoms with E-state index in [1.807, 2.05) is 0 Å². The molecule has 7 heteroatoms. The van der Waals surface area contributed by atoms with E-state index >= 15 is 0 Å². The molecule has 6 nitrogen and oxygen atoms in total. The third-order valence-electron chi connectivity index (χ3n) is 3.34. The fourth-order valence-corrected chi connectivity index (χ4v) is 2.99. The molecule has 0 radical (unpaired) electrons. The molecule has 1 heterocycles. The molecular formula is C14H28N4O2S. The third kappa shape index (κ3) is 6.17. The fourth-order valence-electron chi connectivity index (χ4n) is 1.95. The van der Waals surface area contributed by atoms with Crippen LogP contribution < -0.4 is 10.0 Å². The van der Waals surface area contributed by atoms with E-state index in [1.54, 1.807) is 6.07 Å². The zero-order valence-corrected chi connectivity index (χ0v) is 14.3. The lowest BCUT2D eigenvalue weighted by Crippen LogP contribution is -2.34. The van der Waals surface area contributed by atoms with Crippen molar-refractivity contribution in [2.75, 3.05) is 26.2 Å². The first-order valence-electron chi connectivity index (χ1n) is 7.51. The lowest BCUT2D eigenvalue weighted by atomic mass is 10.3. The van der Waals surface area contributed by atoms with E-state index in [1.165, 1.54) is 6.20 Å². The fraction of sp³-hybridized carbons (Fsp3) is 0.714. The van der Waals surface area contributed by atoms with Crippen LogP contribution in [0.15, 0.2) is 17.2 Å². The van der Waals surface area contributed by atoms with Gasteiger partial charge in [-0.2, -0.15) is 0 Å². The Morgan fingerprint density at radius 1 is 1.29 bits per heavy atom. The molecular weight excluding hydrogens is 288 g/mol. The molecule has 0 saturated carbocycles. The van der Waals surface area contributed by atoms with Gasteiger partial charge in [-0.25, -0.2) is 13.1 Å². The summed E-state index contributed by atoms with van der Waals surface area (Å²) >= 11 is 0. The molecule has 1 rings (SSSR count). The molecule has 0 aromatic carbocycles. The maximum Gasteiger partial charge on any atom is 0.242 e. The van der Waals surface area contributed by atoms with Crippen LogP contribution in [0.4, 0.5) is 0 Å². The van der Waals surface area contributed by atoms with Crippen molar-refractivity contribution in [3.05, 3.63) is 18.0 Å². The van der Waals surface area contributed by atoms with Crippen molar-refractivity contribution in [1.29, 1.82) is 0 Å². The highest BCUT2D eigenvalue weighted by atomic mass is 32.2. The number of hydrogen-bond acceptors (Lipinski definition) is 4. The predicted molar refractivity (Wildman–Crippen MR) is 85.7 cm³/mol. The zero-order valence-electron chi connectivity index (χ0n) is 13.4. The summed E-state index contributed by atoms with van der Waals surface area (Å²) < 4.78 is 27.0. The molecule has 0 aliphatic heterocycles. The Balaban J connectivity index is 2.54.